The number of fused-ring (bicyclic) bond motifs is 2. The molecule has 0 aliphatic heterocycles. The molecule has 4 nitrogen and oxygen atoms in total. The third-order valence-electron chi connectivity index (χ3n) is 4.83. The van der Waals surface area contributed by atoms with E-state index in [0.29, 0.717) is 10.7 Å². The van der Waals surface area contributed by atoms with Crippen molar-refractivity contribution in [1.29, 1.82) is 0 Å². The van der Waals surface area contributed by atoms with Gasteiger partial charge in [-0.15, -0.1) is 11.3 Å². The van der Waals surface area contributed by atoms with Crippen LogP contribution in [0.25, 0.3) is 10.8 Å². The van der Waals surface area contributed by atoms with Gasteiger partial charge < -0.3 is 15.4 Å². The van der Waals surface area contributed by atoms with E-state index in [2.05, 4.69) is 28.8 Å². The third kappa shape index (κ3) is 3.55. The number of rotatable bonds is 3. The molecule has 2 N–H and O–H groups in total. The van der Waals surface area contributed by atoms with Gasteiger partial charge in [0.05, 0.1) is 12.7 Å². The molecule has 2 aromatic carbocycles. The third-order valence-corrected chi connectivity index (χ3v) is 6.24. The van der Waals surface area contributed by atoms with Crippen LogP contribution in [-0.2, 0) is 17.6 Å². The van der Waals surface area contributed by atoms with E-state index in [4.69, 9.17) is 17.0 Å². The number of aryl methyl sites for hydroxylation is 1. The molecule has 0 fully saturated rings. The molecule has 0 spiro atoms. The maximum absolute atomic E-state index is 12.4. The largest absolute Gasteiger partial charge is 0.465 e. The van der Waals surface area contributed by atoms with Gasteiger partial charge in [-0.1, -0.05) is 36.4 Å². The van der Waals surface area contributed by atoms with Crippen molar-refractivity contribution < 1.29 is 9.53 Å². The zero-order chi connectivity index (χ0) is 18.8. The maximum atomic E-state index is 12.4. The smallest absolute Gasteiger partial charge is 0.341 e. The minimum atomic E-state index is -0.301. The molecule has 1 aliphatic carbocycles. The van der Waals surface area contributed by atoms with Crippen molar-refractivity contribution in [2.75, 3.05) is 17.7 Å². The summed E-state index contributed by atoms with van der Waals surface area (Å²) in [6.07, 6.45) is 4.19. The topological polar surface area (TPSA) is 50.4 Å². The number of carbonyl (C=O) groups excluding carboxylic acids is 1. The molecular weight excluding hydrogens is 376 g/mol. The highest BCUT2D eigenvalue weighted by molar-refractivity contribution is 7.80. The van der Waals surface area contributed by atoms with Crippen LogP contribution in [0.2, 0.25) is 0 Å². The van der Waals surface area contributed by atoms with Gasteiger partial charge in [-0.05, 0) is 54.9 Å². The van der Waals surface area contributed by atoms with Gasteiger partial charge >= 0.3 is 5.97 Å². The van der Waals surface area contributed by atoms with Gasteiger partial charge in [0.15, 0.2) is 5.11 Å². The molecule has 0 bridgehead atoms. The van der Waals surface area contributed by atoms with E-state index in [9.17, 15) is 4.79 Å². The monoisotopic (exact) mass is 396 g/mol. The molecule has 0 saturated carbocycles. The van der Waals surface area contributed by atoms with Crippen LogP contribution >= 0.6 is 23.6 Å². The Labute approximate surface area is 167 Å². The summed E-state index contributed by atoms with van der Waals surface area (Å²) >= 11 is 7.15. The first-order valence-electron chi connectivity index (χ1n) is 8.96. The second-order valence-corrected chi connectivity index (χ2v) is 8.03. The number of nitrogens with one attached hydrogen (secondary N) is 2. The average molecular weight is 397 g/mol. The van der Waals surface area contributed by atoms with Gasteiger partial charge in [-0.2, -0.15) is 0 Å². The summed E-state index contributed by atoms with van der Waals surface area (Å²) in [6.45, 7) is 0. The maximum Gasteiger partial charge on any atom is 0.341 e. The Kier molecular flexibility index (Phi) is 5.09. The quantitative estimate of drug-likeness (QED) is 0.460. The number of carbonyl (C=O) groups is 1. The van der Waals surface area contributed by atoms with Gasteiger partial charge in [-0.3, -0.25) is 0 Å². The van der Waals surface area contributed by atoms with E-state index in [-0.39, 0.29) is 5.97 Å². The molecule has 0 unspecified atom stereocenters. The number of benzene rings is 2. The Hall–Kier alpha value is -2.44. The first kappa shape index (κ1) is 17.9. The zero-order valence-corrected chi connectivity index (χ0v) is 16.6. The Balaban J connectivity index is 1.61. The fourth-order valence-electron chi connectivity index (χ4n) is 3.56. The van der Waals surface area contributed by atoms with Gasteiger partial charge in [0.1, 0.15) is 5.00 Å². The molecule has 6 heteroatoms. The van der Waals surface area contributed by atoms with Crippen LogP contribution in [-0.4, -0.2) is 18.2 Å². The summed E-state index contributed by atoms with van der Waals surface area (Å²) in [6, 6.07) is 14.2. The summed E-state index contributed by atoms with van der Waals surface area (Å²) in [4.78, 5) is 13.6. The van der Waals surface area contributed by atoms with Crippen LogP contribution in [0.4, 0.5) is 10.7 Å². The molecule has 3 aromatic rings. The second kappa shape index (κ2) is 7.66. The van der Waals surface area contributed by atoms with Gasteiger partial charge in [0.25, 0.3) is 0 Å². The lowest BCUT2D eigenvalue weighted by molar-refractivity contribution is 0.0601. The second-order valence-electron chi connectivity index (χ2n) is 6.51. The van der Waals surface area contributed by atoms with Gasteiger partial charge in [-0.25, -0.2) is 4.79 Å². The summed E-state index contributed by atoms with van der Waals surface area (Å²) in [7, 11) is 1.42. The number of esters is 1. The highest BCUT2D eigenvalue weighted by atomic mass is 32.1. The van der Waals surface area contributed by atoms with Crippen molar-refractivity contribution in [3.63, 3.8) is 0 Å². The van der Waals surface area contributed by atoms with Crippen LogP contribution in [0, 0.1) is 0 Å². The Morgan fingerprint density at radius 3 is 2.70 bits per heavy atom. The Bertz CT molecular complexity index is 1020. The van der Waals surface area contributed by atoms with Crippen LogP contribution in [0.3, 0.4) is 0 Å². The standard InChI is InChI=1S/C21H20N2O2S2/c1-25-20(24)18-15-10-4-5-12-17(15)27-19(18)23-21(26)22-16-11-6-8-13-7-2-3-9-14(13)16/h2-3,6-9,11H,4-5,10,12H2,1H3,(H2,22,23,26). The van der Waals surface area contributed by atoms with Gasteiger partial charge in [0, 0.05) is 16.0 Å². The highest BCUT2D eigenvalue weighted by Gasteiger charge is 2.26. The predicted octanol–water partition coefficient (Wildman–Crippen LogP) is 5.38. The highest BCUT2D eigenvalue weighted by Crippen LogP contribution is 2.38. The fraction of sp³-hybridized carbons (Fsp3) is 0.238. The van der Waals surface area contributed by atoms with Crippen LogP contribution in [0.1, 0.15) is 33.6 Å². The van der Waals surface area contributed by atoms with Crippen molar-refractivity contribution >= 4 is 56.1 Å². The number of anilines is 2. The minimum absolute atomic E-state index is 0.301. The Morgan fingerprint density at radius 2 is 1.85 bits per heavy atom. The van der Waals surface area contributed by atoms with Gasteiger partial charge in [0.2, 0.25) is 0 Å². The van der Waals surface area contributed by atoms with E-state index in [1.807, 2.05) is 24.3 Å². The first-order chi connectivity index (χ1) is 13.2. The molecule has 27 heavy (non-hydrogen) atoms. The molecular formula is C21H20N2O2S2. The molecule has 0 atom stereocenters. The molecule has 0 saturated heterocycles. The predicted molar refractivity (Wildman–Crippen MR) is 116 cm³/mol. The summed E-state index contributed by atoms with van der Waals surface area (Å²) < 4.78 is 5.02. The first-order valence-corrected chi connectivity index (χ1v) is 10.2. The van der Waals surface area contributed by atoms with E-state index < -0.39 is 0 Å². The van der Waals surface area contributed by atoms with Crippen molar-refractivity contribution in [2.24, 2.45) is 0 Å². The van der Waals surface area contributed by atoms with Crippen molar-refractivity contribution in [3.05, 3.63) is 58.5 Å². The fourth-order valence-corrected chi connectivity index (χ4v) is 5.12. The molecule has 0 amide bonds. The minimum Gasteiger partial charge on any atom is -0.465 e. The van der Waals surface area contributed by atoms with E-state index in [1.165, 1.54) is 12.0 Å². The average Bonchev–Trinajstić information content (AvgIpc) is 3.05. The molecule has 1 aromatic heterocycles. The summed E-state index contributed by atoms with van der Waals surface area (Å²) in [5.74, 6) is -0.301. The number of thiophene rings is 1. The van der Waals surface area contributed by atoms with Crippen molar-refractivity contribution in [1.82, 2.24) is 0 Å². The molecule has 138 valence electrons. The van der Waals surface area contributed by atoms with Crippen molar-refractivity contribution in [3.8, 4) is 0 Å². The summed E-state index contributed by atoms with van der Waals surface area (Å²) in [5.41, 5.74) is 2.69. The number of ether oxygens (including phenoxy) is 1. The molecule has 0 radical (unpaired) electrons. The molecule has 4 rings (SSSR count). The van der Waals surface area contributed by atoms with E-state index in [1.54, 1.807) is 11.3 Å². The van der Waals surface area contributed by atoms with E-state index in [0.717, 1.165) is 52.7 Å². The number of methoxy groups -OCH3 is 1. The Morgan fingerprint density at radius 1 is 1.07 bits per heavy atom. The lowest BCUT2D eigenvalue weighted by Crippen LogP contribution is -2.20. The number of hydrogen-bond donors (Lipinski definition) is 2. The molecule has 1 heterocycles. The van der Waals surface area contributed by atoms with Crippen molar-refractivity contribution in [2.45, 2.75) is 25.7 Å². The lowest BCUT2D eigenvalue weighted by Gasteiger charge is -2.13. The van der Waals surface area contributed by atoms with E-state index >= 15 is 0 Å². The SMILES string of the molecule is COC(=O)c1c(NC(=S)Nc2cccc3ccccc23)sc2c1CCCC2. The zero-order valence-electron chi connectivity index (χ0n) is 15.0. The lowest BCUT2D eigenvalue weighted by atomic mass is 9.95. The normalized spacial score (nSPS) is 13.1. The van der Waals surface area contributed by atoms with Crippen LogP contribution in [0.15, 0.2) is 42.5 Å². The van der Waals surface area contributed by atoms with Crippen LogP contribution in [0.5, 0.6) is 0 Å². The van der Waals surface area contributed by atoms with Crippen LogP contribution < -0.4 is 10.6 Å². The summed E-state index contributed by atoms with van der Waals surface area (Å²) in [5, 5.41) is 9.99. The number of thiocarbonyl (C=S) groups is 1. The number of hydrogen-bond acceptors (Lipinski definition) is 4. The molecule has 1 aliphatic rings.